The van der Waals surface area contributed by atoms with Crippen LogP contribution in [0, 0.1) is 5.82 Å². The molecule has 2 aromatic rings. The minimum Gasteiger partial charge on any atom is -0.462 e. The van der Waals surface area contributed by atoms with Gasteiger partial charge in [-0.2, -0.15) is 4.98 Å². The molecule has 0 aliphatic heterocycles. The van der Waals surface area contributed by atoms with E-state index in [0.717, 1.165) is 18.4 Å². The SMILES string of the molecule is CCc1ccc(/C=C/C(=O)Nc2[nH]c(=O)ncc2F)o1. The molecule has 0 aliphatic carbocycles. The molecule has 20 heavy (non-hydrogen) atoms. The number of aromatic nitrogens is 2. The predicted molar refractivity (Wildman–Crippen MR) is 70.6 cm³/mol. The third-order valence-electron chi connectivity index (χ3n) is 2.44. The fourth-order valence-corrected chi connectivity index (χ4v) is 1.47. The van der Waals surface area contributed by atoms with Crippen molar-refractivity contribution in [3.8, 4) is 0 Å². The number of aromatic amines is 1. The first-order chi connectivity index (χ1) is 9.58. The third kappa shape index (κ3) is 3.41. The molecule has 104 valence electrons. The highest BCUT2D eigenvalue weighted by Crippen LogP contribution is 2.10. The first-order valence-electron chi connectivity index (χ1n) is 5.91. The smallest absolute Gasteiger partial charge is 0.346 e. The summed E-state index contributed by atoms with van der Waals surface area (Å²) in [5.41, 5.74) is -0.746. The topological polar surface area (TPSA) is 88.0 Å². The van der Waals surface area contributed by atoms with Crippen LogP contribution in [-0.2, 0) is 11.2 Å². The molecule has 0 unspecified atom stereocenters. The van der Waals surface area contributed by atoms with E-state index in [1.165, 1.54) is 12.2 Å². The van der Waals surface area contributed by atoms with Crippen LogP contribution >= 0.6 is 0 Å². The number of H-pyrrole nitrogens is 1. The minimum atomic E-state index is -0.822. The molecule has 0 aliphatic rings. The number of anilines is 1. The number of furan rings is 1. The molecule has 2 N–H and O–H groups in total. The Morgan fingerprint density at radius 2 is 2.35 bits per heavy atom. The molecule has 0 bridgehead atoms. The van der Waals surface area contributed by atoms with E-state index in [4.69, 9.17) is 4.42 Å². The number of rotatable bonds is 4. The molecule has 0 saturated carbocycles. The first-order valence-corrected chi connectivity index (χ1v) is 5.91. The van der Waals surface area contributed by atoms with Crippen molar-refractivity contribution in [2.45, 2.75) is 13.3 Å². The summed E-state index contributed by atoms with van der Waals surface area (Å²) in [6.07, 6.45) is 4.11. The summed E-state index contributed by atoms with van der Waals surface area (Å²) in [4.78, 5) is 27.8. The number of hydrogen-bond donors (Lipinski definition) is 2. The summed E-state index contributed by atoms with van der Waals surface area (Å²) in [6, 6.07) is 3.52. The van der Waals surface area contributed by atoms with Crippen LogP contribution in [0.2, 0.25) is 0 Å². The van der Waals surface area contributed by atoms with Crippen LogP contribution < -0.4 is 11.0 Å². The van der Waals surface area contributed by atoms with Gasteiger partial charge in [0.1, 0.15) is 11.5 Å². The largest absolute Gasteiger partial charge is 0.462 e. The zero-order chi connectivity index (χ0) is 14.5. The van der Waals surface area contributed by atoms with Crippen molar-refractivity contribution in [2.24, 2.45) is 0 Å². The van der Waals surface area contributed by atoms with Crippen molar-refractivity contribution in [2.75, 3.05) is 5.32 Å². The maximum absolute atomic E-state index is 13.3. The fraction of sp³-hybridized carbons (Fsp3) is 0.154. The number of halogens is 1. The number of nitrogens with zero attached hydrogens (tertiary/aromatic N) is 1. The molecular formula is C13H12FN3O3. The van der Waals surface area contributed by atoms with Crippen LogP contribution in [0.1, 0.15) is 18.4 Å². The Morgan fingerprint density at radius 1 is 1.55 bits per heavy atom. The molecule has 0 radical (unpaired) electrons. The molecule has 2 rings (SSSR count). The summed E-state index contributed by atoms with van der Waals surface area (Å²) in [5.74, 6) is -0.429. The van der Waals surface area contributed by atoms with Gasteiger partial charge < -0.3 is 9.73 Å². The molecule has 1 amide bonds. The van der Waals surface area contributed by atoms with Crippen molar-refractivity contribution in [1.82, 2.24) is 9.97 Å². The van der Waals surface area contributed by atoms with Gasteiger partial charge >= 0.3 is 5.69 Å². The van der Waals surface area contributed by atoms with Crippen molar-refractivity contribution < 1.29 is 13.6 Å². The zero-order valence-electron chi connectivity index (χ0n) is 10.6. The first kappa shape index (κ1) is 13.7. The standard InChI is InChI=1S/C13H12FN3O3/c1-2-8-3-4-9(20-8)5-6-11(18)16-12-10(14)7-15-13(19)17-12/h3-7H,2H2,1H3,(H2,15,16,17,18,19)/b6-5+. The Kier molecular flexibility index (Phi) is 4.09. The van der Waals surface area contributed by atoms with Crippen molar-refractivity contribution in [3.05, 3.63) is 52.2 Å². The maximum Gasteiger partial charge on any atom is 0.346 e. The van der Waals surface area contributed by atoms with E-state index in [2.05, 4.69) is 15.3 Å². The van der Waals surface area contributed by atoms with Crippen LogP contribution in [0.25, 0.3) is 6.08 Å². The van der Waals surface area contributed by atoms with Gasteiger partial charge in [0.2, 0.25) is 5.91 Å². The summed E-state index contributed by atoms with van der Waals surface area (Å²) in [7, 11) is 0. The van der Waals surface area contributed by atoms with Gasteiger partial charge in [-0.15, -0.1) is 0 Å². The predicted octanol–water partition coefficient (Wildman–Crippen LogP) is 1.72. The Bertz CT molecular complexity index is 703. The fourth-order valence-electron chi connectivity index (χ4n) is 1.47. The lowest BCUT2D eigenvalue weighted by Gasteiger charge is -2.01. The second-order valence-electron chi connectivity index (χ2n) is 3.89. The summed E-state index contributed by atoms with van der Waals surface area (Å²) in [6.45, 7) is 1.95. The van der Waals surface area contributed by atoms with Crippen LogP contribution in [-0.4, -0.2) is 15.9 Å². The molecule has 2 aromatic heterocycles. The average molecular weight is 277 g/mol. The minimum absolute atomic E-state index is 0.326. The molecule has 0 saturated heterocycles. The Balaban J connectivity index is 2.05. The molecule has 2 heterocycles. The van der Waals surface area contributed by atoms with Gasteiger partial charge in [0.05, 0.1) is 6.20 Å². The average Bonchev–Trinajstić information content (AvgIpc) is 2.89. The van der Waals surface area contributed by atoms with Gasteiger partial charge in [0, 0.05) is 12.5 Å². The molecule has 0 aromatic carbocycles. The van der Waals surface area contributed by atoms with E-state index in [1.807, 2.05) is 6.92 Å². The van der Waals surface area contributed by atoms with Gasteiger partial charge in [-0.1, -0.05) is 6.92 Å². The monoisotopic (exact) mass is 277 g/mol. The summed E-state index contributed by atoms with van der Waals surface area (Å²) >= 11 is 0. The highest BCUT2D eigenvalue weighted by molar-refractivity contribution is 6.01. The van der Waals surface area contributed by atoms with E-state index >= 15 is 0 Å². The lowest BCUT2D eigenvalue weighted by molar-refractivity contribution is -0.111. The molecule has 6 nitrogen and oxygen atoms in total. The number of carbonyl (C=O) groups excluding carboxylic acids is 1. The molecular weight excluding hydrogens is 265 g/mol. The highest BCUT2D eigenvalue weighted by Gasteiger charge is 2.06. The van der Waals surface area contributed by atoms with Crippen LogP contribution in [0.3, 0.4) is 0 Å². The number of amides is 1. The lowest BCUT2D eigenvalue weighted by atomic mass is 10.3. The molecule has 0 atom stereocenters. The van der Waals surface area contributed by atoms with Gasteiger partial charge in [-0.05, 0) is 18.2 Å². The summed E-state index contributed by atoms with van der Waals surface area (Å²) < 4.78 is 18.6. The molecule has 0 spiro atoms. The molecule has 7 heteroatoms. The molecule has 0 fully saturated rings. The van der Waals surface area contributed by atoms with E-state index < -0.39 is 17.4 Å². The van der Waals surface area contributed by atoms with Crippen molar-refractivity contribution in [3.63, 3.8) is 0 Å². The quantitative estimate of drug-likeness (QED) is 0.833. The maximum atomic E-state index is 13.3. The Hall–Kier alpha value is -2.70. The normalized spacial score (nSPS) is 10.9. The Labute approximate surface area is 113 Å². The van der Waals surface area contributed by atoms with Gasteiger partial charge in [-0.3, -0.25) is 9.78 Å². The van der Waals surface area contributed by atoms with E-state index in [9.17, 15) is 14.0 Å². The second kappa shape index (κ2) is 5.96. The number of nitrogens with one attached hydrogen (secondary N) is 2. The van der Waals surface area contributed by atoms with E-state index in [0.29, 0.717) is 5.76 Å². The van der Waals surface area contributed by atoms with Gasteiger partial charge in [0.25, 0.3) is 0 Å². The van der Waals surface area contributed by atoms with Crippen molar-refractivity contribution >= 4 is 17.8 Å². The van der Waals surface area contributed by atoms with Crippen molar-refractivity contribution in [1.29, 1.82) is 0 Å². The summed E-state index contributed by atoms with van der Waals surface area (Å²) in [5, 5.41) is 2.20. The van der Waals surface area contributed by atoms with E-state index in [1.54, 1.807) is 12.1 Å². The van der Waals surface area contributed by atoms with Gasteiger partial charge in [0.15, 0.2) is 11.6 Å². The number of aryl methyl sites for hydroxylation is 1. The number of hydrogen-bond acceptors (Lipinski definition) is 4. The van der Waals surface area contributed by atoms with Crippen LogP contribution in [0.4, 0.5) is 10.2 Å². The highest BCUT2D eigenvalue weighted by atomic mass is 19.1. The number of carbonyl (C=O) groups is 1. The van der Waals surface area contributed by atoms with Crippen LogP contribution in [0.15, 0.2) is 33.6 Å². The van der Waals surface area contributed by atoms with Crippen LogP contribution in [0.5, 0.6) is 0 Å². The Morgan fingerprint density at radius 3 is 3.05 bits per heavy atom. The third-order valence-corrected chi connectivity index (χ3v) is 2.44. The zero-order valence-corrected chi connectivity index (χ0v) is 10.6. The lowest BCUT2D eigenvalue weighted by Crippen LogP contribution is -2.18. The van der Waals surface area contributed by atoms with Gasteiger partial charge in [-0.25, -0.2) is 9.18 Å². The second-order valence-corrected chi connectivity index (χ2v) is 3.89. The van der Waals surface area contributed by atoms with E-state index in [-0.39, 0.29) is 5.82 Å².